The van der Waals surface area contributed by atoms with E-state index < -0.39 is 0 Å². The largest absolute Gasteiger partial charge is 0.454 e. The second-order valence-electron chi connectivity index (χ2n) is 7.34. The van der Waals surface area contributed by atoms with Gasteiger partial charge in [0.15, 0.2) is 11.5 Å². The minimum Gasteiger partial charge on any atom is -0.454 e. The van der Waals surface area contributed by atoms with Crippen LogP contribution in [0.15, 0.2) is 48.5 Å². The average Bonchev–Trinajstić information content (AvgIpc) is 3.20. The Balaban J connectivity index is 1.53. The molecular formula is C22H24N2O4. The number of fused-ring (bicyclic) bond motifs is 1. The zero-order valence-electron chi connectivity index (χ0n) is 15.7. The van der Waals surface area contributed by atoms with E-state index in [2.05, 4.69) is 0 Å². The van der Waals surface area contributed by atoms with Gasteiger partial charge in [0.1, 0.15) is 0 Å². The zero-order chi connectivity index (χ0) is 19.5. The van der Waals surface area contributed by atoms with Crippen LogP contribution in [-0.2, 0) is 9.59 Å². The predicted molar refractivity (Wildman–Crippen MR) is 104 cm³/mol. The van der Waals surface area contributed by atoms with Crippen molar-refractivity contribution >= 4 is 11.8 Å². The standard InChI is InChI=1S/C22H24N2O4/c23-22(26)16-8-10-24(11-9-16)21(25)13-18(15-4-2-1-3-5-15)17-6-7-19-20(12-17)28-14-27-19/h1-7,12,16,18H,8-11,13-14H2,(H2,23,26)/t18-/m0/s1. The molecule has 6 heteroatoms. The summed E-state index contributed by atoms with van der Waals surface area (Å²) >= 11 is 0. The lowest BCUT2D eigenvalue weighted by Gasteiger charge is -2.32. The zero-order valence-corrected chi connectivity index (χ0v) is 15.7. The Hall–Kier alpha value is -3.02. The van der Waals surface area contributed by atoms with Crippen molar-refractivity contribution in [2.45, 2.75) is 25.2 Å². The number of primary amides is 1. The van der Waals surface area contributed by atoms with Crippen molar-refractivity contribution in [3.63, 3.8) is 0 Å². The highest BCUT2D eigenvalue weighted by Gasteiger charge is 2.28. The van der Waals surface area contributed by atoms with Crippen LogP contribution in [0.2, 0.25) is 0 Å². The van der Waals surface area contributed by atoms with Gasteiger partial charge in [0.25, 0.3) is 0 Å². The van der Waals surface area contributed by atoms with Crippen molar-refractivity contribution in [3.05, 3.63) is 59.7 Å². The summed E-state index contributed by atoms with van der Waals surface area (Å²) in [5, 5.41) is 0. The molecule has 1 atom stereocenters. The topological polar surface area (TPSA) is 81.9 Å². The fourth-order valence-electron chi connectivity index (χ4n) is 3.96. The van der Waals surface area contributed by atoms with Crippen molar-refractivity contribution in [2.24, 2.45) is 11.7 Å². The van der Waals surface area contributed by atoms with E-state index in [1.54, 1.807) is 0 Å². The second kappa shape index (κ2) is 7.92. The van der Waals surface area contributed by atoms with E-state index in [4.69, 9.17) is 15.2 Å². The number of nitrogens with zero attached hydrogens (tertiary/aromatic N) is 1. The quantitative estimate of drug-likeness (QED) is 0.865. The first-order valence-corrected chi connectivity index (χ1v) is 9.63. The number of rotatable bonds is 5. The third-order valence-corrected chi connectivity index (χ3v) is 5.63. The van der Waals surface area contributed by atoms with Gasteiger partial charge in [-0.3, -0.25) is 9.59 Å². The van der Waals surface area contributed by atoms with Gasteiger partial charge in [-0.1, -0.05) is 36.4 Å². The number of carbonyl (C=O) groups is 2. The fourth-order valence-corrected chi connectivity index (χ4v) is 3.96. The summed E-state index contributed by atoms with van der Waals surface area (Å²) in [5.41, 5.74) is 7.51. The minimum absolute atomic E-state index is 0.0722. The molecule has 2 aliphatic rings. The van der Waals surface area contributed by atoms with Gasteiger partial charge >= 0.3 is 0 Å². The maximum atomic E-state index is 13.0. The van der Waals surface area contributed by atoms with Crippen molar-refractivity contribution in [3.8, 4) is 11.5 Å². The third kappa shape index (κ3) is 3.81. The molecule has 2 amide bonds. The van der Waals surface area contributed by atoms with Gasteiger partial charge in [-0.05, 0) is 36.1 Å². The number of hydrogen-bond acceptors (Lipinski definition) is 4. The maximum Gasteiger partial charge on any atom is 0.231 e. The number of ether oxygens (including phenoxy) is 2. The molecule has 1 saturated heterocycles. The van der Waals surface area contributed by atoms with Gasteiger partial charge in [0, 0.05) is 31.3 Å². The minimum atomic E-state index is -0.269. The van der Waals surface area contributed by atoms with Crippen LogP contribution in [0, 0.1) is 5.92 Å². The first-order chi connectivity index (χ1) is 13.6. The van der Waals surface area contributed by atoms with Crippen LogP contribution in [0.1, 0.15) is 36.3 Å². The van der Waals surface area contributed by atoms with Gasteiger partial charge < -0.3 is 20.1 Å². The molecule has 0 bridgehead atoms. The lowest BCUT2D eigenvalue weighted by atomic mass is 9.87. The molecule has 2 N–H and O–H groups in total. The van der Waals surface area contributed by atoms with Crippen molar-refractivity contribution in [2.75, 3.05) is 19.9 Å². The fraction of sp³-hybridized carbons (Fsp3) is 0.364. The lowest BCUT2D eigenvalue weighted by Crippen LogP contribution is -2.42. The Kier molecular flexibility index (Phi) is 5.19. The summed E-state index contributed by atoms with van der Waals surface area (Å²) in [6, 6.07) is 15.9. The van der Waals surface area contributed by atoms with E-state index in [1.807, 2.05) is 53.4 Å². The molecule has 0 aromatic heterocycles. The van der Waals surface area contributed by atoms with Crippen LogP contribution in [0.25, 0.3) is 0 Å². The van der Waals surface area contributed by atoms with Gasteiger partial charge in [-0.2, -0.15) is 0 Å². The molecule has 146 valence electrons. The normalized spacial score (nSPS) is 17.4. The number of likely N-dealkylation sites (tertiary alicyclic amines) is 1. The molecule has 2 aromatic rings. The Bertz CT molecular complexity index is 860. The predicted octanol–water partition coefficient (Wildman–Crippen LogP) is 2.66. The number of piperidine rings is 1. The summed E-state index contributed by atoms with van der Waals surface area (Å²) in [6.07, 6.45) is 1.65. The van der Waals surface area contributed by atoms with Gasteiger partial charge in [0.05, 0.1) is 0 Å². The van der Waals surface area contributed by atoms with Crippen LogP contribution < -0.4 is 15.2 Å². The molecule has 4 rings (SSSR count). The Labute approximate surface area is 164 Å². The number of hydrogen-bond donors (Lipinski definition) is 1. The van der Waals surface area contributed by atoms with Crippen LogP contribution >= 0.6 is 0 Å². The summed E-state index contributed by atoms with van der Waals surface area (Å²) in [6.45, 7) is 1.38. The highest BCUT2D eigenvalue weighted by atomic mass is 16.7. The van der Waals surface area contributed by atoms with E-state index in [1.165, 1.54) is 0 Å². The van der Waals surface area contributed by atoms with E-state index in [9.17, 15) is 9.59 Å². The Morgan fingerprint density at radius 1 is 1.00 bits per heavy atom. The van der Waals surface area contributed by atoms with Crippen LogP contribution in [0.3, 0.4) is 0 Å². The first kappa shape index (κ1) is 18.3. The number of nitrogens with two attached hydrogens (primary N) is 1. The average molecular weight is 380 g/mol. The van der Waals surface area contributed by atoms with Gasteiger partial charge in [-0.25, -0.2) is 0 Å². The molecule has 2 aliphatic heterocycles. The Morgan fingerprint density at radius 2 is 1.71 bits per heavy atom. The monoisotopic (exact) mass is 380 g/mol. The molecule has 0 radical (unpaired) electrons. The number of benzene rings is 2. The molecule has 1 fully saturated rings. The van der Waals surface area contributed by atoms with E-state index in [-0.39, 0.29) is 30.4 Å². The van der Waals surface area contributed by atoms with Crippen LogP contribution in [-0.4, -0.2) is 36.6 Å². The van der Waals surface area contributed by atoms with Crippen molar-refractivity contribution in [1.82, 2.24) is 4.90 Å². The maximum absolute atomic E-state index is 13.0. The molecule has 0 unspecified atom stereocenters. The van der Waals surface area contributed by atoms with E-state index >= 15 is 0 Å². The lowest BCUT2D eigenvalue weighted by molar-refractivity contribution is -0.135. The smallest absolute Gasteiger partial charge is 0.231 e. The summed E-state index contributed by atoms with van der Waals surface area (Å²) in [4.78, 5) is 26.2. The third-order valence-electron chi connectivity index (χ3n) is 5.63. The van der Waals surface area contributed by atoms with E-state index in [0.29, 0.717) is 38.1 Å². The van der Waals surface area contributed by atoms with Gasteiger partial charge in [-0.15, -0.1) is 0 Å². The van der Waals surface area contributed by atoms with Crippen LogP contribution in [0.5, 0.6) is 11.5 Å². The van der Waals surface area contributed by atoms with Gasteiger partial charge in [0.2, 0.25) is 18.6 Å². The molecule has 0 spiro atoms. The molecule has 6 nitrogen and oxygen atoms in total. The molecule has 2 heterocycles. The Morgan fingerprint density at radius 3 is 2.43 bits per heavy atom. The summed E-state index contributed by atoms with van der Waals surface area (Å²) in [5.74, 6) is 1.08. The second-order valence-corrected chi connectivity index (χ2v) is 7.34. The summed E-state index contributed by atoms with van der Waals surface area (Å²) in [7, 11) is 0. The number of amides is 2. The molecular weight excluding hydrogens is 356 g/mol. The first-order valence-electron chi connectivity index (χ1n) is 9.63. The molecule has 0 aliphatic carbocycles. The highest BCUT2D eigenvalue weighted by Crippen LogP contribution is 2.38. The number of carbonyl (C=O) groups excluding carboxylic acids is 2. The summed E-state index contributed by atoms with van der Waals surface area (Å²) < 4.78 is 10.9. The van der Waals surface area contributed by atoms with Crippen molar-refractivity contribution < 1.29 is 19.1 Å². The molecule has 28 heavy (non-hydrogen) atoms. The molecule has 2 aromatic carbocycles. The van der Waals surface area contributed by atoms with Crippen molar-refractivity contribution in [1.29, 1.82) is 0 Å². The van der Waals surface area contributed by atoms with E-state index in [0.717, 1.165) is 16.9 Å². The molecule has 0 saturated carbocycles. The van der Waals surface area contributed by atoms with Crippen LogP contribution in [0.4, 0.5) is 0 Å². The highest BCUT2D eigenvalue weighted by molar-refractivity contribution is 5.79. The SMILES string of the molecule is NC(=O)C1CCN(C(=O)C[C@@H](c2ccccc2)c2ccc3c(c2)OCO3)CC1.